The summed E-state index contributed by atoms with van der Waals surface area (Å²) in [5.74, 6) is -1.21. The predicted molar refractivity (Wildman–Crippen MR) is 88.7 cm³/mol. The van der Waals surface area contributed by atoms with E-state index in [0.29, 0.717) is 11.6 Å². The molecule has 24 heavy (non-hydrogen) atoms. The van der Waals surface area contributed by atoms with Gasteiger partial charge in [0.05, 0.1) is 11.6 Å². The third-order valence-electron chi connectivity index (χ3n) is 3.65. The van der Waals surface area contributed by atoms with Crippen LogP contribution in [0.5, 0.6) is 0 Å². The van der Waals surface area contributed by atoms with Crippen molar-refractivity contribution in [1.29, 1.82) is 0 Å². The van der Waals surface area contributed by atoms with Crippen LogP contribution >= 0.6 is 11.8 Å². The van der Waals surface area contributed by atoms with Crippen LogP contribution in [0, 0.1) is 11.6 Å². The minimum atomic E-state index is -0.731. The van der Waals surface area contributed by atoms with E-state index in [0.717, 1.165) is 6.07 Å². The number of amides is 2. The van der Waals surface area contributed by atoms with Crippen LogP contribution in [0.25, 0.3) is 0 Å². The molecule has 0 saturated carbocycles. The van der Waals surface area contributed by atoms with Gasteiger partial charge in [-0.3, -0.25) is 9.59 Å². The first-order valence-corrected chi connectivity index (χ1v) is 8.41. The normalized spacial score (nSPS) is 16.9. The zero-order chi connectivity index (χ0) is 17.1. The summed E-state index contributed by atoms with van der Waals surface area (Å²) < 4.78 is 27.0. The van der Waals surface area contributed by atoms with Gasteiger partial charge in [-0.25, -0.2) is 8.78 Å². The largest absolute Gasteiger partial charge is 0.322 e. The summed E-state index contributed by atoms with van der Waals surface area (Å²) in [6.07, 6.45) is 0. The summed E-state index contributed by atoms with van der Waals surface area (Å²) in [6.45, 7) is 0. The molecule has 3 rings (SSSR count). The van der Waals surface area contributed by atoms with Crippen molar-refractivity contribution < 1.29 is 18.4 Å². The van der Waals surface area contributed by atoms with Crippen molar-refractivity contribution in [1.82, 2.24) is 4.90 Å². The van der Waals surface area contributed by atoms with Crippen LogP contribution in [0.15, 0.2) is 48.5 Å². The van der Waals surface area contributed by atoms with E-state index in [-0.39, 0.29) is 11.3 Å². The molecule has 4 nitrogen and oxygen atoms in total. The van der Waals surface area contributed by atoms with Crippen molar-refractivity contribution in [3.05, 3.63) is 65.7 Å². The van der Waals surface area contributed by atoms with Crippen molar-refractivity contribution in [2.24, 2.45) is 0 Å². The molecule has 0 aromatic heterocycles. The Bertz CT molecular complexity index is 785. The Labute approximate surface area is 141 Å². The van der Waals surface area contributed by atoms with E-state index in [9.17, 15) is 18.4 Å². The van der Waals surface area contributed by atoms with E-state index in [1.54, 1.807) is 6.07 Å². The van der Waals surface area contributed by atoms with E-state index in [2.05, 4.69) is 5.32 Å². The zero-order valence-electron chi connectivity index (χ0n) is 12.5. The molecular formula is C17H14F2N2O2S. The Morgan fingerprint density at radius 1 is 1.12 bits per heavy atom. The smallest absolute Gasteiger partial charge is 0.255 e. The number of nitrogens with zero attached hydrogens (tertiary/aromatic N) is 1. The summed E-state index contributed by atoms with van der Waals surface area (Å²) in [4.78, 5) is 26.3. The lowest BCUT2D eigenvalue weighted by Gasteiger charge is -2.23. The second-order valence-electron chi connectivity index (χ2n) is 5.27. The Morgan fingerprint density at radius 3 is 2.67 bits per heavy atom. The van der Waals surface area contributed by atoms with Crippen LogP contribution in [0.3, 0.4) is 0 Å². The third kappa shape index (κ3) is 3.41. The second kappa shape index (κ2) is 7.00. The molecule has 1 N–H and O–H groups in total. The van der Waals surface area contributed by atoms with Crippen LogP contribution in [-0.2, 0) is 4.79 Å². The van der Waals surface area contributed by atoms with E-state index in [1.807, 2.05) is 0 Å². The quantitative estimate of drug-likeness (QED) is 0.927. The van der Waals surface area contributed by atoms with Gasteiger partial charge in [-0.1, -0.05) is 18.2 Å². The monoisotopic (exact) mass is 348 g/mol. The average Bonchev–Trinajstić information content (AvgIpc) is 3.06. The first-order valence-electron chi connectivity index (χ1n) is 7.26. The van der Waals surface area contributed by atoms with Crippen LogP contribution in [0.1, 0.15) is 10.4 Å². The van der Waals surface area contributed by atoms with Gasteiger partial charge in [-0.15, -0.1) is 11.8 Å². The SMILES string of the molecule is O=C(Nc1ccccc1F)C1CSCN1C(=O)c1cccc(F)c1. The van der Waals surface area contributed by atoms with Crippen LogP contribution in [0.2, 0.25) is 0 Å². The van der Waals surface area contributed by atoms with Gasteiger partial charge in [0.15, 0.2) is 0 Å². The van der Waals surface area contributed by atoms with Gasteiger partial charge in [0.2, 0.25) is 5.91 Å². The van der Waals surface area contributed by atoms with Crippen LogP contribution in [0.4, 0.5) is 14.5 Å². The van der Waals surface area contributed by atoms with Crippen LogP contribution < -0.4 is 5.32 Å². The second-order valence-corrected chi connectivity index (χ2v) is 6.27. The molecule has 2 amide bonds. The molecule has 124 valence electrons. The summed E-state index contributed by atoms with van der Waals surface area (Å²) in [7, 11) is 0. The molecule has 7 heteroatoms. The van der Waals surface area contributed by atoms with Crippen molar-refractivity contribution in [3.8, 4) is 0 Å². The Morgan fingerprint density at radius 2 is 1.92 bits per heavy atom. The highest BCUT2D eigenvalue weighted by atomic mass is 32.2. The van der Waals surface area contributed by atoms with Crippen LogP contribution in [-0.4, -0.2) is 34.4 Å². The molecule has 1 atom stereocenters. The molecule has 0 bridgehead atoms. The molecule has 0 spiro atoms. The van der Waals surface area contributed by atoms with Gasteiger partial charge in [0, 0.05) is 11.3 Å². The molecular weight excluding hydrogens is 334 g/mol. The maximum atomic E-state index is 13.7. The maximum absolute atomic E-state index is 13.7. The Balaban J connectivity index is 1.76. The fourth-order valence-corrected chi connectivity index (χ4v) is 3.58. The molecule has 0 aliphatic carbocycles. The number of rotatable bonds is 3. The average molecular weight is 348 g/mol. The van der Waals surface area contributed by atoms with Gasteiger partial charge in [0.1, 0.15) is 17.7 Å². The highest BCUT2D eigenvalue weighted by Crippen LogP contribution is 2.25. The van der Waals surface area contributed by atoms with E-state index < -0.39 is 29.5 Å². The lowest BCUT2D eigenvalue weighted by molar-refractivity contribution is -0.119. The predicted octanol–water partition coefficient (Wildman–Crippen LogP) is 3.12. The minimum Gasteiger partial charge on any atom is -0.322 e. The summed E-state index contributed by atoms with van der Waals surface area (Å²) >= 11 is 1.42. The molecule has 1 aliphatic rings. The number of carbonyl (C=O) groups is 2. The van der Waals surface area contributed by atoms with E-state index in [1.165, 1.54) is 53.1 Å². The molecule has 1 heterocycles. The van der Waals surface area contributed by atoms with Crippen molar-refractivity contribution in [2.75, 3.05) is 16.9 Å². The molecule has 0 radical (unpaired) electrons. The number of halogens is 2. The molecule has 1 saturated heterocycles. The Kier molecular flexibility index (Phi) is 4.80. The van der Waals surface area contributed by atoms with E-state index >= 15 is 0 Å². The zero-order valence-corrected chi connectivity index (χ0v) is 13.4. The first-order chi connectivity index (χ1) is 11.6. The summed E-state index contributed by atoms with van der Waals surface area (Å²) in [5, 5.41) is 2.50. The maximum Gasteiger partial charge on any atom is 0.255 e. The minimum absolute atomic E-state index is 0.0672. The van der Waals surface area contributed by atoms with Gasteiger partial charge < -0.3 is 10.2 Å². The summed E-state index contributed by atoms with van der Waals surface area (Å²) in [6, 6.07) is 10.4. The number of carbonyl (C=O) groups excluding carboxylic acids is 2. The number of anilines is 1. The standard InChI is InChI=1S/C17H14F2N2O2S/c18-12-5-3-4-11(8-12)17(23)21-10-24-9-15(21)16(22)20-14-7-2-1-6-13(14)19/h1-8,15H,9-10H2,(H,20,22). The number of hydrogen-bond acceptors (Lipinski definition) is 3. The van der Waals surface area contributed by atoms with E-state index in [4.69, 9.17) is 0 Å². The molecule has 1 aliphatic heterocycles. The fraction of sp³-hybridized carbons (Fsp3) is 0.176. The number of para-hydroxylation sites is 1. The first kappa shape index (κ1) is 16.4. The lowest BCUT2D eigenvalue weighted by Crippen LogP contribution is -2.44. The third-order valence-corrected chi connectivity index (χ3v) is 4.66. The lowest BCUT2D eigenvalue weighted by atomic mass is 10.1. The van der Waals surface area contributed by atoms with Crippen molar-refractivity contribution >= 4 is 29.3 Å². The fourth-order valence-electron chi connectivity index (χ4n) is 2.43. The van der Waals surface area contributed by atoms with Gasteiger partial charge in [0.25, 0.3) is 5.91 Å². The number of nitrogens with one attached hydrogen (secondary N) is 1. The molecule has 1 fully saturated rings. The van der Waals surface area contributed by atoms with Crippen molar-refractivity contribution in [2.45, 2.75) is 6.04 Å². The van der Waals surface area contributed by atoms with Gasteiger partial charge >= 0.3 is 0 Å². The molecule has 2 aromatic rings. The Hall–Kier alpha value is -2.41. The molecule has 1 unspecified atom stereocenters. The number of benzene rings is 2. The highest BCUT2D eigenvalue weighted by molar-refractivity contribution is 7.99. The van der Waals surface area contributed by atoms with Gasteiger partial charge in [-0.2, -0.15) is 0 Å². The van der Waals surface area contributed by atoms with Gasteiger partial charge in [-0.05, 0) is 30.3 Å². The number of hydrogen-bond donors (Lipinski definition) is 1. The summed E-state index contributed by atoms with van der Waals surface area (Å²) in [5.41, 5.74) is 0.249. The topological polar surface area (TPSA) is 49.4 Å². The molecule has 2 aromatic carbocycles. The number of thioether (sulfide) groups is 1. The van der Waals surface area contributed by atoms with Crippen molar-refractivity contribution in [3.63, 3.8) is 0 Å². The highest BCUT2D eigenvalue weighted by Gasteiger charge is 2.35.